The number of fused-ring (bicyclic) bond motifs is 3. The van der Waals surface area contributed by atoms with Crippen LogP contribution in [0.5, 0.6) is 0 Å². The van der Waals surface area contributed by atoms with Gasteiger partial charge in [0.05, 0.1) is 11.5 Å². The van der Waals surface area contributed by atoms with E-state index in [9.17, 15) is 13.5 Å². The van der Waals surface area contributed by atoms with Crippen molar-refractivity contribution in [3.8, 4) is 23.0 Å². The molecule has 5 heteroatoms. The number of aliphatic hydroxyl groups is 1. The second-order valence-electron chi connectivity index (χ2n) is 7.30. The highest BCUT2D eigenvalue weighted by Gasteiger charge is 2.39. The van der Waals surface area contributed by atoms with Crippen LogP contribution in [0.2, 0.25) is 0 Å². The molecule has 0 aliphatic heterocycles. The fraction of sp³-hybridized carbons (Fsp3) is 0.200. The number of hydrogen-bond donors (Lipinski definition) is 1. The van der Waals surface area contributed by atoms with Crippen molar-refractivity contribution in [2.75, 3.05) is 6.61 Å². The van der Waals surface area contributed by atoms with E-state index in [4.69, 9.17) is 4.18 Å². The Kier molecular flexibility index (Phi) is 5.48. The molecule has 0 amide bonds. The molecular formula is C25H22O4S. The lowest BCUT2D eigenvalue weighted by Crippen LogP contribution is -2.22. The minimum absolute atomic E-state index is 0.0382. The summed E-state index contributed by atoms with van der Waals surface area (Å²) in [6, 6.07) is 22.0. The van der Waals surface area contributed by atoms with Gasteiger partial charge in [-0.3, -0.25) is 4.18 Å². The van der Waals surface area contributed by atoms with Crippen LogP contribution in [-0.4, -0.2) is 20.1 Å². The van der Waals surface area contributed by atoms with Gasteiger partial charge in [0.2, 0.25) is 0 Å². The normalized spacial score (nSPS) is 13.8. The molecule has 1 aliphatic rings. The quantitative estimate of drug-likeness (QED) is 0.379. The Balaban J connectivity index is 1.42. The van der Waals surface area contributed by atoms with Crippen molar-refractivity contribution < 1.29 is 17.7 Å². The second kappa shape index (κ2) is 8.08. The number of unbranched alkanes of at least 4 members (excludes halogenated alkanes) is 1. The maximum atomic E-state index is 12.2. The van der Waals surface area contributed by atoms with Crippen LogP contribution >= 0.6 is 0 Å². The number of benzene rings is 3. The highest BCUT2D eigenvalue weighted by Crippen LogP contribution is 2.46. The average Bonchev–Trinajstić information content (AvgIpc) is 3.00. The molecule has 3 aromatic carbocycles. The van der Waals surface area contributed by atoms with Gasteiger partial charge in [0.25, 0.3) is 10.1 Å². The Morgan fingerprint density at radius 3 is 2.07 bits per heavy atom. The van der Waals surface area contributed by atoms with Gasteiger partial charge in [-0.2, -0.15) is 8.42 Å². The highest BCUT2D eigenvalue weighted by molar-refractivity contribution is 7.86. The lowest BCUT2D eigenvalue weighted by atomic mass is 9.92. The molecule has 0 saturated carbocycles. The van der Waals surface area contributed by atoms with Crippen LogP contribution in [0.15, 0.2) is 77.7 Å². The zero-order valence-electron chi connectivity index (χ0n) is 16.6. The van der Waals surface area contributed by atoms with E-state index < -0.39 is 15.7 Å². The lowest BCUT2D eigenvalue weighted by molar-refractivity contribution is 0.150. The van der Waals surface area contributed by atoms with Gasteiger partial charge in [-0.05, 0) is 36.6 Å². The Labute approximate surface area is 177 Å². The molecule has 152 valence electrons. The van der Waals surface area contributed by atoms with Crippen molar-refractivity contribution in [2.45, 2.75) is 30.3 Å². The summed E-state index contributed by atoms with van der Waals surface area (Å²) in [6.45, 7) is 1.93. The third-order valence-corrected chi connectivity index (χ3v) is 6.51. The Hall–Kier alpha value is -2.91. The van der Waals surface area contributed by atoms with E-state index in [1.165, 1.54) is 12.1 Å². The summed E-state index contributed by atoms with van der Waals surface area (Å²) in [5.41, 5.74) is 3.14. The fourth-order valence-corrected chi connectivity index (χ4v) is 4.58. The van der Waals surface area contributed by atoms with E-state index in [0.29, 0.717) is 12.8 Å². The molecule has 3 aromatic rings. The molecule has 0 aromatic heterocycles. The minimum atomic E-state index is -3.77. The molecule has 0 spiro atoms. The van der Waals surface area contributed by atoms with Crippen molar-refractivity contribution >= 4 is 10.1 Å². The summed E-state index contributed by atoms with van der Waals surface area (Å²) in [6.07, 6.45) is 0.855. The second-order valence-corrected chi connectivity index (χ2v) is 8.91. The molecule has 0 saturated heterocycles. The Morgan fingerprint density at radius 2 is 1.47 bits per heavy atom. The molecule has 0 unspecified atom stereocenters. The summed E-state index contributed by atoms with van der Waals surface area (Å²) < 4.78 is 29.5. The highest BCUT2D eigenvalue weighted by atomic mass is 32.2. The zero-order valence-corrected chi connectivity index (χ0v) is 17.4. The first-order valence-electron chi connectivity index (χ1n) is 9.80. The van der Waals surface area contributed by atoms with Gasteiger partial charge in [0.15, 0.2) is 5.60 Å². The van der Waals surface area contributed by atoms with Crippen LogP contribution in [0.4, 0.5) is 0 Å². The van der Waals surface area contributed by atoms with E-state index in [1.54, 1.807) is 12.1 Å². The summed E-state index contributed by atoms with van der Waals surface area (Å²) in [4.78, 5) is 0.146. The standard InChI is InChI=1S/C25H22O4S/c1-19-13-15-20(16-14-19)30(27,28)29-18-8-2-7-17-25(26)23-11-5-3-9-21(23)22-10-4-6-12-24(22)25/h3-6,9-16,26H,2,8,18H2,1H3. The van der Waals surface area contributed by atoms with Crippen molar-refractivity contribution in [3.63, 3.8) is 0 Å². The van der Waals surface area contributed by atoms with Crippen molar-refractivity contribution in [3.05, 3.63) is 89.5 Å². The molecule has 1 N–H and O–H groups in total. The van der Waals surface area contributed by atoms with Gasteiger partial charge in [-0.15, -0.1) is 0 Å². The topological polar surface area (TPSA) is 63.6 Å². The van der Waals surface area contributed by atoms with Gasteiger partial charge < -0.3 is 5.11 Å². The van der Waals surface area contributed by atoms with E-state index in [-0.39, 0.29) is 11.5 Å². The van der Waals surface area contributed by atoms with E-state index in [2.05, 4.69) is 11.8 Å². The number of aryl methyl sites for hydroxylation is 1. The van der Waals surface area contributed by atoms with Crippen LogP contribution in [0.25, 0.3) is 11.1 Å². The Morgan fingerprint density at radius 1 is 0.900 bits per heavy atom. The summed E-state index contributed by atoms with van der Waals surface area (Å²) in [7, 11) is -3.77. The molecule has 4 rings (SSSR count). The first kappa shape index (κ1) is 20.4. The molecule has 1 aliphatic carbocycles. The SMILES string of the molecule is Cc1ccc(S(=O)(=O)OCCCC#CC2(O)c3ccccc3-c3ccccc32)cc1. The molecule has 0 fully saturated rings. The van der Waals surface area contributed by atoms with E-state index in [1.807, 2.05) is 55.5 Å². The van der Waals surface area contributed by atoms with Crippen molar-refractivity contribution in [2.24, 2.45) is 0 Å². The van der Waals surface area contributed by atoms with Crippen LogP contribution < -0.4 is 0 Å². The first-order chi connectivity index (χ1) is 14.4. The summed E-state index contributed by atoms with van der Waals surface area (Å²) >= 11 is 0. The average molecular weight is 419 g/mol. The van der Waals surface area contributed by atoms with Gasteiger partial charge in [-0.1, -0.05) is 78.1 Å². The predicted octanol–water partition coefficient (Wildman–Crippen LogP) is 4.40. The summed E-state index contributed by atoms with van der Waals surface area (Å²) in [5, 5.41) is 11.4. The lowest BCUT2D eigenvalue weighted by Gasteiger charge is -2.18. The molecule has 0 bridgehead atoms. The fourth-order valence-electron chi connectivity index (χ4n) is 3.64. The van der Waals surface area contributed by atoms with Crippen LogP contribution in [-0.2, 0) is 19.9 Å². The number of hydrogen-bond acceptors (Lipinski definition) is 4. The van der Waals surface area contributed by atoms with Crippen LogP contribution in [0.1, 0.15) is 29.5 Å². The van der Waals surface area contributed by atoms with Gasteiger partial charge in [0, 0.05) is 17.5 Å². The molecule has 30 heavy (non-hydrogen) atoms. The monoisotopic (exact) mass is 418 g/mol. The number of rotatable bonds is 5. The molecule has 0 radical (unpaired) electrons. The van der Waals surface area contributed by atoms with Gasteiger partial charge >= 0.3 is 0 Å². The smallest absolute Gasteiger partial charge is 0.296 e. The Bertz CT molecular complexity index is 1190. The maximum absolute atomic E-state index is 12.2. The van der Waals surface area contributed by atoms with Gasteiger partial charge in [0.1, 0.15) is 0 Å². The van der Waals surface area contributed by atoms with Crippen LogP contribution in [0.3, 0.4) is 0 Å². The molecular weight excluding hydrogens is 396 g/mol. The zero-order chi connectivity index (χ0) is 21.2. The first-order valence-corrected chi connectivity index (χ1v) is 11.2. The van der Waals surface area contributed by atoms with Crippen molar-refractivity contribution in [1.82, 2.24) is 0 Å². The maximum Gasteiger partial charge on any atom is 0.296 e. The molecule has 0 atom stereocenters. The largest absolute Gasteiger partial charge is 0.369 e. The van der Waals surface area contributed by atoms with Crippen molar-refractivity contribution in [1.29, 1.82) is 0 Å². The van der Waals surface area contributed by atoms with Crippen LogP contribution in [0, 0.1) is 18.8 Å². The molecule has 0 heterocycles. The predicted molar refractivity (Wildman–Crippen MR) is 116 cm³/mol. The van der Waals surface area contributed by atoms with E-state index >= 15 is 0 Å². The third-order valence-electron chi connectivity index (χ3n) is 5.19. The van der Waals surface area contributed by atoms with Gasteiger partial charge in [-0.25, -0.2) is 0 Å². The van der Waals surface area contributed by atoms with E-state index in [0.717, 1.165) is 27.8 Å². The summed E-state index contributed by atoms with van der Waals surface area (Å²) in [5.74, 6) is 6.01. The third kappa shape index (κ3) is 3.78. The molecule has 4 nitrogen and oxygen atoms in total. The minimum Gasteiger partial charge on any atom is -0.369 e.